The highest BCUT2D eigenvalue weighted by Gasteiger charge is 2.09. The fourth-order valence-corrected chi connectivity index (χ4v) is 1.62. The Hall–Kier alpha value is -2.19. The van der Waals surface area contributed by atoms with Crippen LogP contribution in [0.5, 0.6) is 0 Å². The average Bonchev–Trinajstić information content (AvgIpc) is 2.89. The predicted molar refractivity (Wildman–Crippen MR) is 68.9 cm³/mol. The molecule has 5 heteroatoms. The van der Waals surface area contributed by atoms with Gasteiger partial charge in [-0.05, 0) is 29.0 Å². The molecule has 1 unspecified atom stereocenters. The van der Waals surface area contributed by atoms with E-state index in [9.17, 15) is 0 Å². The summed E-state index contributed by atoms with van der Waals surface area (Å²) in [6.45, 7) is 2.59. The first-order valence-corrected chi connectivity index (χ1v) is 5.87. The van der Waals surface area contributed by atoms with E-state index in [1.165, 1.54) is 0 Å². The highest BCUT2D eigenvalue weighted by atomic mass is 15.5. The van der Waals surface area contributed by atoms with Crippen molar-refractivity contribution < 1.29 is 0 Å². The minimum Gasteiger partial charge on any atom is -0.296 e. The van der Waals surface area contributed by atoms with E-state index in [0.29, 0.717) is 6.54 Å². The van der Waals surface area contributed by atoms with Crippen molar-refractivity contribution in [3.8, 4) is 18.0 Å². The second-order valence-electron chi connectivity index (χ2n) is 3.85. The molecule has 0 radical (unpaired) electrons. The number of tetrazole rings is 1. The van der Waals surface area contributed by atoms with Gasteiger partial charge in [0.05, 0.1) is 18.3 Å². The minimum atomic E-state index is 0.0472. The Kier molecular flexibility index (Phi) is 4.05. The Balaban J connectivity index is 2.12. The van der Waals surface area contributed by atoms with Crippen LogP contribution in [0.3, 0.4) is 0 Å². The van der Waals surface area contributed by atoms with Crippen LogP contribution in [0.4, 0.5) is 0 Å². The molecule has 1 aromatic heterocycles. The molecule has 0 aliphatic heterocycles. The molecule has 2 aromatic rings. The van der Waals surface area contributed by atoms with Crippen LogP contribution in [0.2, 0.25) is 0 Å². The number of hydrogen-bond acceptors (Lipinski definition) is 4. The molecule has 0 saturated heterocycles. The third-order valence-corrected chi connectivity index (χ3v) is 2.65. The summed E-state index contributed by atoms with van der Waals surface area (Å²) in [5.74, 6) is 3.43. The van der Waals surface area contributed by atoms with Gasteiger partial charge in [0.1, 0.15) is 0 Å². The summed E-state index contributed by atoms with van der Waals surface area (Å²) in [6, 6.07) is 9.81. The summed E-state index contributed by atoms with van der Waals surface area (Å²) in [5.41, 5.74) is 0.938. The zero-order valence-corrected chi connectivity index (χ0v) is 10.2. The summed E-state index contributed by atoms with van der Waals surface area (Å²) in [7, 11) is 0. The van der Waals surface area contributed by atoms with Crippen LogP contribution in [0, 0.1) is 12.3 Å². The maximum absolute atomic E-state index is 5.40. The van der Waals surface area contributed by atoms with Crippen molar-refractivity contribution in [2.24, 2.45) is 0 Å². The summed E-state index contributed by atoms with van der Waals surface area (Å²) in [4.78, 5) is 0. The van der Waals surface area contributed by atoms with Crippen LogP contribution in [0.15, 0.2) is 30.3 Å². The van der Waals surface area contributed by atoms with Crippen LogP contribution in [-0.4, -0.2) is 26.2 Å². The fourth-order valence-electron chi connectivity index (χ4n) is 1.62. The molecule has 0 bridgehead atoms. The maximum Gasteiger partial charge on any atom is 0.170 e. The van der Waals surface area contributed by atoms with Crippen LogP contribution in [0.1, 0.15) is 19.2 Å². The first-order valence-electron chi connectivity index (χ1n) is 5.87. The second kappa shape index (κ2) is 5.94. The van der Waals surface area contributed by atoms with Crippen LogP contribution in [-0.2, 0) is 6.54 Å². The van der Waals surface area contributed by atoms with E-state index in [-0.39, 0.29) is 6.04 Å². The number of nitrogens with one attached hydrogen (secondary N) is 1. The third-order valence-electron chi connectivity index (χ3n) is 2.65. The smallest absolute Gasteiger partial charge is 0.170 e. The molecule has 1 aromatic carbocycles. The van der Waals surface area contributed by atoms with Crippen molar-refractivity contribution in [3.05, 3.63) is 36.2 Å². The fraction of sp³-hybridized carbons (Fsp3) is 0.308. The summed E-state index contributed by atoms with van der Waals surface area (Å²) < 4.78 is 1.70. The van der Waals surface area contributed by atoms with E-state index in [1.807, 2.05) is 37.3 Å². The standard InChI is InChI=1S/C13H15N5/c1-3-11(4-2)14-10-13-15-16-17-18(13)12-8-6-5-7-9-12/h1,5-9,11,14H,4,10H2,2H3. The van der Waals surface area contributed by atoms with Crippen LogP contribution in [0.25, 0.3) is 5.69 Å². The van der Waals surface area contributed by atoms with E-state index in [1.54, 1.807) is 4.68 Å². The molecule has 0 saturated carbocycles. The molecule has 1 heterocycles. The molecule has 0 spiro atoms. The lowest BCUT2D eigenvalue weighted by molar-refractivity contribution is 0.567. The SMILES string of the molecule is C#CC(CC)NCc1nnnn1-c1ccccc1. The lowest BCUT2D eigenvalue weighted by Crippen LogP contribution is -2.27. The van der Waals surface area contributed by atoms with Crippen molar-refractivity contribution in [3.63, 3.8) is 0 Å². The number of hydrogen-bond donors (Lipinski definition) is 1. The highest BCUT2D eigenvalue weighted by Crippen LogP contribution is 2.06. The molecular weight excluding hydrogens is 226 g/mol. The van der Waals surface area contributed by atoms with E-state index in [2.05, 4.69) is 26.8 Å². The molecule has 0 aliphatic rings. The Labute approximate surface area is 106 Å². The first-order chi connectivity index (χ1) is 8.85. The lowest BCUT2D eigenvalue weighted by atomic mass is 10.2. The Morgan fingerprint density at radius 3 is 2.83 bits per heavy atom. The zero-order valence-electron chi connectivity index (χ0n) is 10.2. The van der Waals surface area contributed by atoms with Gasteiger partial charge in [-0.25, -0.2) is 0 Å². The van der Waals surface area contributed by atoms with Crippen molar-refractivity contribution >= 4 is 0 Å². The van der Waals surface area contributed by atoms with Gasteiger partial charge < -0.3 is 0 Å². The number of terminal acetylenes is 1. The monoisotopic (exact) mass is 241 g/mol. The molecule has 0 fully saturated rings. The molecule has 18 heavy (non-hydrogen) atoms. The Morgan fingerprint density at radius 1 is 1.39 bits per heavy atom. The van der Waals surface area contributed by atoms with Gasteiger partial charge in [-0.15, -0.1) is 11.5 Å². The van der Waals surface area contributed by atoms with Gasteiger partial charge in [-0.2, -0.15) is 4.68 Å². The minimum absolute atomic E-state index is 0.0472. The van der Waals surface area contributed by atoms with Gasteiger partial charge in [-0.1, -0.05) is 31.0 Å². The normalized spacial score (nSPS) is 12.0. The van der Waals surface area contributed by atoms with Crippen LogP contribution >= 0.6 is 0 Å². The molecule has 2 rings (SSSR count). The molecule has 1 atom stereocenters. The summed E-state index contributed by atoms with van der Waals surface area (Å²) in [5, 5.41) is 14.9. The number of para-hydroxylation sites is 1. The van der Waals surface area contributed by atoms with Gasteiger partial charge >= 0.3 is 0 Å². The van der Waals surface area contributed by atoms with Gasteiger partial charge in [-0.3, -0.25) is 5.32 Å². The zero-order chi connectivity index (χ0) is 12.8. The van der Waals surface area contributed by atoms with Crippen molar-refractivity contribution in [2.45, 2.75) is 25.9 Å². The molecule has 1 N–H and O–H groups in total. The van der Waals surface area contributed by atoms with Crippen molar-refractivity contribution in [1.82, 2.24) is 25.5 Å². The van der Waals surface area contributed by atoms with E-state index in [4.69, 9.17) is 6.42 Å². The highest BCUT2D eigenvalue weighted by molar-refractivity contribution is 5.30. The molecular formula is C13H15N5. The molecule has 92 valence electrons. The van der Waals surface area contributed by atoms with Gasteiger partial charge in [0.2, 0.25) is 0 Å². The quantitative estimate of drug-likeness (QED) is 0.798. The molecule has 0 amide bonds. The first kappa shape index (κ1) is 12.3. The van der Waals surface area contributed by atoms with Crippen molar-refractivity contribution in [2.75, 3.05) is 0 Å². The topological polar surface area (TPSA) is 55.6 Å². The largest absolute Gasteiger partial charge is 0.296 e. The number of nitrogens with zero attached hydrogens (tertiary/aromatic N) is 4. The third kappa shape index (κ3) is 2.73. The van der Waals surface area contributed by atoms with Gasteiger partial charge in [0.25, 0.3) is 0 Å². The van der Waals surface area contributed by atoms with Crippen molar-refractivity contribution in [1.29, 1.82) is 0 Å². The maximum atomic E-state index is 5.40. The summed E-state index contributed by atoms with van der Waals surface area (Å²) in [6.07, 6.45) is 6.28. The number of benzene rings is 1. The number of rotatable bonds is 5. The van der Waals surface area contributed by atoms with Crippen LogP contribution < -0.4 is 5.32 Å². The lowest BCUT2D eigenvalue weighted by Gasteiger charge is -2.10. The van der Waals surface area contributed by atoms with Gasteiger partial charge in [0.15, 0.2) is 5.82 Å². The van der Waals surface area contributed by atoms with E-state index >= 15 is 0 Å². The second-order valence-corrected chi connectivity index (χ2v) is 3.85. The number of aromatic nitrogens is 4. The van der Waals surface area contributed by atoms with E-state index in [0.717, 1.165) is 17.9 Å². The molecule has 0 aliphatic carbocycles. The predicted octanol–water partition coefficient (Wildman–Crippen LogP) is 1.16. The summed E-state index contributed by atoms with van der Waals surface area (Å²) >= 11 is 0. The Bertz CT molecular complexity index is 526. The molecule has 5 nitrogen and oxygen atoms in total. The van der Waals surface area contributed by atoms with E-state index < -0.39 is 0 Å². The average molecular weight is 241 g/mol. The van der Waals surface area contributed by atoms with Gasteiger partial charge in [0, 0.05) is 0 Å². The Morgan fingerprint density at radius 2 is 2.17 bits per heavy atom.